The Balaban J connectivity index is 1.92. The van der Waals surface area contributed by atoms with Crippen molar-refractivity contribution in [1.82, 2.24) is 5.32 Å². The number of anilines is 1. The number of nitrogens with one attached hydrogen (secondary N) is 2. The largest absolute Gasteiger partial charge is 0.347 e. The van der Waals surface area contributed by atoms with Gasteiger partial charge in [0.1, 0.15) is 11.6 Å². The second kappa shape index (κ2) is 6.39. The van der Waals surface area contributed by atoms with Crippen molar-refractivity contribution in [1.29, 1.82) is 5.26 Å². The molecule has 0 saturated carbocycles. The number of rotatable bonds is 3. The SMILES string of the molecule is Cc1ccc2c(c1)/C(=C(\C#N)C(=O)NCc1ccccc1)C(=O)N2. The summed E-state index contributed by atoms with van der Waals surface area (Å²) >= 11 is 0. The fourth-order valence-corrected chi connectivity index (χ4v) is 2.62. The van der Waals surface area contributed by atoms with E-state index in [1.54, 1.807) is 12.1 Å². The molecule has 0 fully saturated rings. The molecule has 0 aromatic heterocycles. The number of nitrogens with zero attached hydrogens (tertiary/aromatic N) is 1. The van der Waals surface area contributed by atoms with Gasteiger partial charge in [0.25, 0.3) is 11.8 Å². The molecular formula is C19H15N3O2. The molecule has 24 heavy (non-hydrogen) atoms. The molecule has 1 aliphatic heterocycles. The Morgan fingerprint density at radius 1 is 1.21 bits per heavy atom. The fourth-order valence-electron chi connectivity index (χ4n) is 2.62. The molecule has 2 aromatic rings. The van der Waals surface area contributed by atoms with E-state index in [0.29, 0.717) is 17.8 Å². The van der Waals surface area contributed by atoms with E-state index in [0.717, 1.165) is 11.1 Å². The Hall–Kier alpha value is -3.39. The Morgan fingerprint density at radius 2 is 1.96 bits per heavy atom. The van der Waals surface area contributed by atoms with E-state index in [9.17, 15) is 14.9 Å². The summed E-state index contributed by atoms with van der Waals surface area (Å²) < 4.78 is 0. The number of aryl methyl sites for hydroxylation is 1. The maximum Gasteiger partial charge on any atom is 0.263 e. The summed E-state index contributed by atoms with van der Waals surface area (Å²) in [6.07, 6.45) is 0. The van der Waals surface area contributed by atoms with Crippen molar-refractivity contribution < 1.29 is 9.59 Å². The van der Waals surface area contributed by atoms with E-state index in [4.69, 9.17) is 0 Å². The molecule has 5 nitrogen and oxygen atoms in total. The number of hydrogen-bond acceptors (Lipinski definition) is 3. The van der Waals surface area contributed by atoms with Crippen LogP contribution in [-0.2, 0) is 16.1 Å². The molecule has 2 aromatic carbocycles. The number of amides is 2. The maximum absolute atomic E-state index is 12.4. The number of benzene rings is 2. The minimum Gasteiger partial charge on any atom is -0.347 e. The van der Waals surface area contributed by atoms with Gasteiger partial charge in [0.15, 0.2) is 0 Å². The first kappa shape index (κ1) is 15.5. The van der Waals surface area contributed by atoms with Crippen LogP contribution in [0.1, 0.15) is 16.7 Å². The number of nitriles is 1. The van der Waals surface area contributed by atoms with E-state index in [2.05, 4.69) is 10.6 Å². The highest BCUT2D eigenvalue weighted by Gasteiger charge is 2.30. The molecule has 5 heteroatoms. The van der Waals surface area contributed by atoms with E-state index < -0.39 is 11.8 Å². The van der Waals surface area contributed by atoms with E-state index in [-0.39, 0.29) is 11.1 Å². The van der Waals surface area contributed by atoms with E-state index in [1.165, 1.54) is 0 Å². The number of carbonyl (C=O) groups excluding carboxylic acids is 2. The normalized spacial score (nSPS) is 14.4. The third-order valence-electron chi connectivity index (χ3n) is 3.80. The van der Waals surface area contributed by atoms with Gasteiger partial charge in [-0.2, -0.15) is 5.26 Å². The average Bonchev–Trinajstić information content (AvgIpc) is 2.90. The first-order chi connectivity index (χ1) is 11.6. The monoisotopic (exact) mass is 317 g/mol. The van der Waals surface area contributed by atoms with Crippen LogP contribution in [0.15, 0.2) is 54.1 Å². The standard InChI is InChI=1S/C19H15N3O2/c1-12-7-8-16-14(9-12)17(19(24)22-16)15(10-20)18(23)21-11-13-5-3-2-4-6-13/h2-9H,11H2,1H3,(H,21,23)(H,22,24)/b17-15-. The van der Waals surface area contributed by atoms with Crippen molar-refractivity contribution in [3.05, 3.63) is 70.8 Å². The lowest BCUT2D eigenvalue weighted by atomic mass is 9.99. The van der Waals surface area contributed by atoms with Gasteiger partial charge < -0.3 is 10.6 Å². The molecule has 0 spiro atoms. The first-order valence-electron chi connectivity index (χ1n) is 7.49. The van der Waals surface area contributed by atoms with Crippen LogP contribution in [0.25, 0.3) is 5.57 Å². The summed E-state index contributed by atoms with van der Waals surface area (Å²) in [7, 11) is 0. The van der Waals surface area contributed by atoms with Crippen LogP contribution in [0.4, 0.5) is 5.69 Å². The van der Waals surface area contributed by atoms with Gasteiger partial charge in [0, 0.05) is 17.8 Å². The highest BCUT2D eigenvalue weighted by Crippen LogP contribution is 2.34. The van der Waals surface area contributed by atoms with Crippen LogP contribution in [0.2, 0.25) is 0 Å². The lowest BCUT2D eigenvalue weighted by molar-refractivity contribution is -0.117. The molecular weight excluding hydrogens is 302 g/mol. The third kappa shape index (κ3) is 2.90. The minimum atomic E-state index is -0.555. The van der Waals surface area contributed by atoms with Crippen LogP contribution in [0, 0.1) is 18.3 Å². The molecule has 0 bridgehead atoms. The lowest BCUT2D eigenvalue weighted by Crippen LogP contribution is -2.25. The Kier molecular flexibility index (Phi) is 4.13. The zero-order valence-electron chi connectivity index (χ0n) is 13.1. The van der Waals surface area contributed by atoms with Crippen LogP contribution in [0.5, 0.6) is 0 Å². The fraction of sp³-hybridized carbons (Fsp3) is 0.105. The summed E-state index contributed by atoms with van der Waals surface area (Å²) in [5.74, 6) is -0.983. The summed E-state index contributed by atoms with van der Waals surface area (Å²) in [5, 5.41) is 14.8. The maximum atomic E-state index is 12.4. The van der Waals surface area contributed by atoms with Crippen molar-refractivity contribution in [3.63, 3.8) is 0 Å². The molecule has 2 N–H and O–H groups in total. The summed E-state index contributed by atoms with van der Waals surface area (Å²) in [6, 6.07) is 16.7. The predicted octanol–water partition coefficient (Wildman–Crippen LogP) is 2.54. The van der Waals surface area contributed by atoms with Gasteiger partial charge in [-0.15, -0.1) is 0 Å². The minimum absolute atomic E-state index is 0.127. The summed E-state index contributed by atoms with van der Waals surface area (Å²) in [5.41, 5.74) is 3.02. The van der Waals surface area contributed by atoms with Crippen LogP contribution in [0.3, 0.4) is 0 Å². The van der Waals surface area contributed by atoms with E-state index in [1.807, 2.05) is 49.4 Å². The van der Waals surface area contributed by atoms with Crippen molar-refractivity contribution in [3.8, 4) is 6.07 Å². The molecule has 1 aliphatic rings. The van der Waals surface area contributed by atoms with Gasteiger partial charge >= 0.3 is 0 Å². The summed E-state index contributed by atoms with van der Waals surface area (Å²) in [4.78, 5) is 24.6. The van der Waals surface area contributed by atoms with Gasteiger partial charge in [-0.25, -0.2) is 0 Å². The molecule has 0 saturated heterocycles. The smallest absolute Gasteiger partial charge is 0.263 e. The van der Waals surface area contributed by atoms with Crippen LogP contribution < -0.4 is 10.6 Å². The third-order valence-corrected chi connectivity index (χ3v) is 3.80. The molecule has 3 rings (SSSR count). The highest BCUT2D eigenvalue weighted by molar-refractivity contribution is 6.36. The van der Waals surface area contributed by atoms with Gasteiger partial charge in [-0.05, 0) is 24.6 Å². The summed E-state index contributed by atoms with van der Waals surface area (Å²) in [6.45, 7) is 2.18. The molecule has 1 heterocycles. The number of hydrogen-bond donors (Lipinski definition) is 2. The van der Waals surface area contributed by atoms with Crippen molar-refractivity contribution in [2.45, 2.75) is 13.5 Å². The molecule has 2 amide bonds. The Labute approximate surface area is 139 Å². The molecule has 0 unspecified atom stereocenters. The van der Waals surface area contributed by atoms with Crippen LogP contribution in [-0.4, -0.2) is 11.8 Å². The topological polar surface area (TPSA) is 82.0 Å². The molecule has 0 atom stereocenters. The zero-order chi connectivity index (χ0) is 17.1. The number of carbonyl (C=O) groups is 2. The van der Waals surface area contributed by atoms with Gasteiger partial charge in [0.2, 0.25) is 0 Å². The van der Waals surface area contributed by atoms with Gasteiger partial charge in [0.05, 0.1) is 5.57 Å². The first-order valence-corrected chi connectivity index (χ1v) is 7.49. The van der Waals surface area contributed by atoms with E-state index >= 15 is 0 Å². The molecule has 0 aliphatic carbocycles. The zero-order valence-corrected chi connectivity index (χ0v) is 13.1. The Bertz CT molecular complexity index is 893. The predicted molar refractivity (Wildman–Crippen MR) is 90.6 cm³/mol. The van der Waals surface area contributed by atoms with Crippen LogP contribution >= 0.6 is 0 Å². The van der Waals surface area contributed by atoms with Gasteiger partial charge in [-0.1, -0.05) is 42.0 Å². The Morgan fingerprint density at radius 3 is 2.67 bits per heavy atom. The lowest BCUT2D eigenvalue weighted by Gasteiger charge is -2.06. The molecule has 118 valence electrons. The van der Waals surface area contributed by atoms with Crippen molar-refractivity contribution in [2.75, 3.05) is 5.32 Å². The second-order valence-corrected chi connectivity index (χ2v) is 5.53. The van der Waals surface area contributed by atoms with Gasteiger partial charge in [-0.3, -0.25) is 9.59 Å². The second-order valence-electron chi connectivity index (χ2n) is 5.53. The molecule has 0 radical (unpaired) electrons. The quantitative estimate of drug-likeness (QED) is 0.674. The number of fused-ring (bicyclic) bond motifs is 1. The highest BCUT2D eigenvalue weighted by atomic mass is 16.2. The van der Waals surface area contributed by atoms with Crippen molar-refractivity contribution in [2.24, 2.45) is 0 Å². The average molecular weight is 317 g/mol. The van der Waals surface area contributed by atoms with Crippen molar-refractivity contribution >= 4 is 23.1 Å².